The van der Waals surface area contributed by atoms with Crippen molar-refractivity contribution >= 4 is 37.2 Å². The fourth-order valence-corrected chi connectivity index (χ4v) is 14.1. The lowest BCUT2D eigenvalue weighted by molar-refractivity contribution is -0.227. The van der Waals surface area contributed by atoms with Crippen molar-refractivity contribution in [3.05, 3.63) is 131 Å². The van der Waals surface area contributed by atoms with Crippen molar-refractivity contribution in [3.63, 3.8) is 0 Å². The average Bonchev–Trinajstić information content (AvgIpc) is 3.41. The van der Waals surface area contributed by atoms with Gasteiger partial charge in [-0.3, -0.25) is 13.2 Å². The maximum atomic E-state index is 15.2. The van der Waals surface area contributed by atoms with E-state index in [-0.39, 0.29) is 76.1 Å². The molecule has 0 aromatic heterocycles. The molecule has 0 amide bonds. The molecular weight excluding hydrogens is 717 g/mol. The molecule has 0 unspecified atom stereocenters. The van der Waals surface area contributed by atoms with Gasteiger partial charge in [0, 0.05) is 0 Å². The molecule has 10 atom stereocenters. The molecule has 0 N–H and O–H groups in total. The summed E-state index contributed by atoms with van der Waals surface area (Å²) in [5, 5.41) is 0. The molecule has 6 aliphatic carbocycles. The van der Waals surface area contributed by atoms with E-state index < -0.39 is 31.1 Å². The number of aryl methyl sites for hydroxylation is 2. The van der Waals surface area contributed by atoms with Crippen LogP contribution in [0.5, 0.6) is 0 Å². The predicted molar refractivity (Wildman–Crippen MR) is 207 cm³/mol. The van der Waals surface area contributed by atoms with Gasteiger partial charge in [-0.2, -0.15) is 16.8 Å². The van der Waals surface area contributed by atoms with E-state index in [1.54, 1.807) is 48.5 Å². The normalized spacial score (nSPS) is 33.7. The van der Waals surface area contributed by atoms with Crippen molar-refractivity contribution in [2.45, 2.75) is 50.3 Å². The van der Waals surface area contributed by atoms with Crippen molar-refractivity contribution in [2.24, 2.45) is 58.2 Å². The molecule has 0 spiro atoms. The minimum Gasteiger partial charge on any atom is -0.298 e. The molecule has 0 aliphatic heterocycles. The number of carbonyl (C=O) groups is 1. The molecule has 4 bridgehead atoms. The Labute approximate surface area is 319 Å². The first kappa shape index (κ1) is 35.8. The number of fused-ring (bicyclic) bond motifs is 7. The summed E-state index contributed by atoms with van der Waals surface area (Å²) in [4.78, 5) is 15.4. The van der Waals surface area contributed by atoms with Gasteiger partial charge in [0.1, 0.15) is 0 Å². The van der Waals surface area contributed by atoms with Crippen LogP contribution in [-0.4, -0.2) is 35.8 Å². The van der Waals surface area contributed by atoms with Gasteiger partial charge in [-0.15, -0.1) is 0 Å². The topological polar surface area (TPSA) is 104 Å². The summed E-state index contributed by atoms with van der Waals surface area (Å²) >= 11 is 0. The van der Waals surface area contributed by atoms with Crippen LogP contribution in [0, 0.1) is 72.0 Å². The molecule has 5 saturated carbocycles. The van der Waals surface area contributed by atoms with Gasteiger partial charge in [0.2, 0.25) is 0 Å². The molecule has 4 aromatic carbocycles. The maximum Gasteiger partial charge on any atom is 0.296 e. The van der Waals surface area contributed by atoms with E-state index in [1.165, 1.54) is 0 Å². The van der Waals surface area contributed by atoms with Crippen LogP contribution in [0.4, 0.5) is 0 Å². The lowest BCUT2D eigenvalue weighted by atomic mass is 9.33. The van der Waals surface area contributed by atoms with Gasteiger partial charge >= 0.3 is 0 Å². The third-order valence-electron chi connectivity index (χ3n) is 14.3. The minimum absolute atomic E-state index is 0.0370. The summed E-state index contributed by atoms with van der Waals surface area (Å²) in [5.74, 6) is 0.272. The summed E-state index contributed by atoms with van der Waals surface area (Å²) in [7, 11) is -8.16. The van der Waals surface area contributed by atoms with E-state index in [1.807, 2.05) is 50.2 Å². The average molecular weight is 763 g/mol. The second-order valence-corrected chi connectivity index (χ2v) is 20.0. The zero-order chi connectivity index (χ0) is 37.8. The Morgan fingerprint density at radius 1 is 0.556 bits per heavy atom. The monoisotopic (exact) mass is 762 g/mol. The molecular formula is C45H46O7S2. The maximum absolute atomic E-state index is 15.2. The van der Waals surface area contributed by atoms with Crippen LogP contribution in [0.25, 0.3) is 11.1 Å². The first-order chi connectivity index (χ1) is 25.8. The van der Waals surface area contributed by atoms with Crippen LogP contribution in [0.1, 0.15) is 48.9 Å². The Kier molecular flexibility index (Phi) is 8.33. The summed E-state index contributed by atoms with van der Waals surface area (Å²) in [5.41, 5.74) is 4.78. The highest BCUT2D eigenvalue weighted by molar-refractivity contribution is 7.87. The van der Waals surface area contributed by atoms with Gasteiger partial charge in [0.05, 0.1) is 33.8 Å². The lowest BCUT2D eigenvalue weighted by Crippen LogP contribution is -2.68. The van der Waals surface area contributed by atoms with E-state index >= 15 is 4.79 Å². The van der Waals surface area contributed by atoms with Gasteiger partial charge < -0.3 is 0 Å². The van der Waals surface area contributed by atoms with Gasteiger partial charge in [0.15, 0.2) is 5.78 Å². The first-order valence-electron chi connectivity index (χ1n) is 19.1. The van der Waals surface area contributed by atoms with E-state index in [4.69, 9.17) is 8.37 Å². The molecule has 0 radical (unpaired) electrons. The second kappa shape index (κ2) is 12.6. The highest BCUT2D eigenvalue weighted by Gasteiger charge is 2.82. The quantitative estimate of drug-likeness (QED) is 0.150. The Hall–Kier alpha value is -3.89. The van der Waals surface area contributed by atoms with Gasteiger partial charge in [-0.25, -0.2) is 0 Å². The van der Waals surface area contributed by atoms with Crippen LogP contribution in [0.3, 0.4) is 0 Å². The zero-order valence-corrected chi connectivity index (χ0v) is 32.6. The molecule has 9 heteroatoms. The van der Waals surface area contributed by atoms with E-state index in [0.717, 1.165) is 46.2 Å². The van der Waals surface area contributed by atoms with Crippen molar-refractivity contribution in [1.29, 1.82) is 0 Å². The Morgan fingerprint density at radius 3 is 1.26 bits per heavy atom. The summed E-state index contributed by atoms with van der Waals surface area (Å²) in [6.07, 6.45) is 1.73. The molecule has 6 aliphatic rings. The third kappa shape index (κ3) is 5.07. The number of carbonyl (C=O) groups excluding carboxylic acids is 1. The van der Waals surface area contributed by atoms with E-state index in [0.29, 0.717) is 0 Å². The van der Waals surface area contributed by atoms with Crippen molar-refractivity contribution in [1.82, 2.24) is 0 Å². The van der Waals surface area contributed by atoms with Crippen molar-refractivity contribution in [2.75, 3.05) is 13.2 Å². The number of hydrogen-bond acceptors (Lipinski definition) is 7. The standard InChI is InChI=1S/C45H46O7S2/c1-27-15-19-31(20-16-27)53(47,48)51-25-35-33-23-24-34(36(35)26-52-54(49,50)32-21-17-28(2)18-22-32)38-37(33)41-42(38)45(4)40(30-13-9-6-10-14-30)39(44(41,3)43(45)46)29-11-7-5-8-12-29/h5-22,33-38,41-42H,23-26H2,1-4H3/t33-,34-,35-,36+,37+,38+,41+,42+,44-,45-/m0/s1. The number of hydrogen-bond donors (Lipinski definition) is 0. The number of Topliss-reactive ketones (excluding diaryl/α,β-unsaturated/α-hetero) is 1. The fraction of sp³-hybridized carbons (Fsp3) is 0.400. The summed E-state index contributed by atoms with van der Waals surface area (Å²) in [6.45, 7) is 7.98. The van der Waals surface area contributed by atoms with Crippen LogP contribution >= 0.6 is 0 Å². The second-order valence-electron chi connectivity index (χ2n) is 16.8. The highest BCUT2D eigenvalue weighted by atomic mass is 32.2. The largest absolute Gasteiger partial charge is 0.298 e. The lowest BCUT2D eigenvalue weighted by Gasteiger charge is -2.71. The predicted octanol–water partition coefficient (Wildman–Crippen LogP) is 8.38. The summed E-state index contributed by atoms with van der Waals surface area (Å²) in [6, 6.07) is 33.9. The van der Waals surface area contributed by atoms with Gasteiger partial charge in [-0.1, -0.05) is 96.1 Å². The molecule has 7 nitrogen and oxygen atoms in total. The van der Waals surface area contributed by atoms with Gasteiger partial charge in [-0.05, 0) is 134 Å². The Morgan fingerprint density at radius 2 is 0.907 bits per heavy atom. The van der Waals surface area contributed by atoms with Crippen LogP contribution in [0.15, 0.2) is 119 Å². The summed E-state index contributed by atoms with van der Waals surface area (Å²) < 4.78 is 66.1. The molecule has 4 aromatic rings. The van der Waals surface area contributed by atoms with Crippen LogP contribution in [-0.2, 0) is 33.4 Å². The molecule has 0 saturated heterocycles. The SMILES string of the molecule is Cc1ccc(S(=O)(=O)OC[C@@H]2[C@H](COS(=O)(=O)c3ccc(C)cc3)[C@@H]3CC[C@@H]2[C@@H]2[C@@H]3[C@@H]3[C@@H]2[C@@]2(C)C(=O)[C@@]3(C)C(c3ccccc3)=C2c2ccccc2)cc1. The van der Waals surface area contributed by atoms with Crippen LogP contribution < -0.4 is 0 Å². The number of ketones is 1. The number of rotatable bonds is 10. The minimum atomic E-state index is -4.08. The van der Waals surface area contributed by atoms with Gasteiger partial charge in [0.25, 0.3) is 20.2 Å². The molecule has 10 rings (SSSR count). The Bertz CT molecular complexity index is 2210. The van der Waals surface area contributed by atoms with E-state index in [2.05, 4.69) is 38.1 Å². The smallest absolute Gasteiger partial charge is 0.296 e. The fourth-order valence-electron chi connectivity index (χ4n) is 12.2. The Balaban J connectivity index is 1.12. The zero-order valence-electron chi connectivity index (χ0n) is 31.0. The van der Waals surface area contributed by atoms with E-state index in [9.17, 15) is 16.8 Å². The van der Waals surface area contributed by atoms with Crippen molar-refractivity contribution < 1.29 is 30.0 Å². The molecule has 280 valence electrons. The molecule has 54 heavy (non-hydrogen) atoms. The molecule has 0 heterocycles. The number of benzene rings is 4. The van der Waals surface area contributed by atoms with Crippen molar-refractivity contribution in [3.8, 4) is 0 Å². The third-order valence-corrected chi connectivity index (χ3v) is 16.9. The first-order valence-corrected chi connectivity index (χ1v) is 21.9. The highest BCUT2D eigenvalue weighted by Crippen LogP contribution is 2.84. The molecule has 5 fully saturated rings. The number of allylic oxidation sites excluding steroid dienone is 2. The van der Waals surface area contributed by atoms with Crippen LogP contribution in [0.2, 0.25) is 0 Å².